The fourth-order valence-corrected chi connectivity index (χ4v) is 5.18. The average Bonchev–Trinajstić information content (AvgIpc) is 2.97. The third kappa shape index (κ3) is 3.99. The molecule has 1 heterocycles. The van der Waals surface area contributed by atoms with Crippen LogP contribution in [0.2, 0.25) is 0 Å². The number of aromatic nitrogens is 1. The molecule has 0 saturated carbocycles. The molecule has 0 aliphatic rings. The van der Waals surface area contributed by atoms with Crippen molar-refractivity contribution in [3.8, 4) is 44.6 Å². The molecule has 0 spiro atoms. The first-order chi connectivity index (χ1) is 17.8. The van der Waals surface area contributed by atoms with Crippen molar-refractivity contribution in [1.29, 1.82) is 0 Å². The van der Waals surface area contributed by atoms with Crippen molar-refractivity contribution in [2.75, 3.05) is 0 Å². The van der Waals surface area contributed by atoms with Gasteiger partial charge in [0.2, 0.25) is 5.69 Å². The number of hydrogen-bond donors (Lipinski definition) is 0. The molecule has 1 heteroatoms. The minimum atomic E-state index is 0.892. The Morgan fingerprint density at radius 2 is 1.00 bits per heavy atom. The zero-order valence-electron chi connectivity index (χ0n) is 20.4. The second-order valence-electron chi connectivity index (χ2n) is 9.08. The molecule has 0 unspecified atom stereocenters. The molecule has 0 N–H and O–H groups in total. The van der Waals surface area contributed by atoms with Crippen molar-refractivity contribution in [3.63, 3.8) is 0 Å². The Labute approximate surface area is 213 Å². The predicted octanol–water partition coefficient (Wildman–Crippen LogP) is 8.82. The highest BCUT2D eigenvalue weighted by atomic mass is 14.9. The van der Waals surface area contributed by atoms with Gasteiger partial charge in [0.25, 0.3) is 0 Å². The van der Waals surface area contributed by atoms with Crippen LogP contribution >= 0.6 is 0 Å². The summed E-state index contributed by atoms with van der Waals surface area (Å²) in [5, 5.41) is 2.52. The predicted molar refractivity (Wildman–Crippen MR) is 152 cm³/mol. The maximum atomic E-state index is 2.39. The number of nitrogens with zero attached hydrogens (tertiary/aromatic N) is 1. The highest BCUT2D eigenvalue weighted by molar-refractivity contribution is 6.03. The summed E-state index contributed by atoms with van der Waals surface area (Å²) in [5.74, 6) is 0. The number of benzene rings is 5. The zero-order valence-corrected chi connectivity index (χ0v) is 20.4. The molecule has 36 heavy (non-hydrogen) atoms. The topological polar surface area (TPSA) is 3.88 Å². The average molecular weight is 463 g/mol. The van der Waals surface area contributed by atoms with Gasteiger partial charge in [-0.2, -0.15) is 4.57 Å². The van der Waals surface area contributed by atoms with Gasteiger partial charge < -0.3 is 0 Å². The van der Waals surface area contributed by atoms with Gasteiger partial charge in [-0.05, 0) is 63.9 Å². The van der Waals surface area contributed by atoms with Crippen LogP contribution in [0.4, 0.5) is 0 Å². The smallest absolute Gasteiger partial charge is 0.198 e. The molecule has 172 valence electrons. The summed E-state index contributed by atoms with van der Waals surface area (Å²) in [4.78, 5) is 0. The van der Waals surface area contributed by atoms with Crippen LogP contribution < -0.4 is 4.57 Å². The number of rotatable bonds is 5. The number of hydrogen-bond acceptors (Lipinski definition) is 0. The van der Waals surface area contributed by atoms with Crippen LogP contribution in [0.1, 0.15) is 6.92 Å². The largest absolute Gasteiger partial charge is 0.221 e. The van der Waals surface area contributed by atoms with Crippen molar-refractivity contribution in [1.82, 2.24) is 0 Å². The molecule has 6 aromatic rings. The summed E-state index contributed by atoms with van der Waals surface area (Å²) in [6.07, 6.45) is 2.23. The monoisotopic (exact) mass is 462 g/mol. The molecule has 0 amide bonds. The summed E-state index contributed by atoms with van der Waals surface area (Å²) in [5.41, 5.74) is 9.90. The van der Waals surface area contributed by atoms with Gasteiger partial charge in [-0.25, -0.2) is 0 Å². The lowest BCUT2D eigenvalue weighted by molar-refractivity contribution is -0.681. The van der Waals surface area contributed by atoms with Crippen LogP contribution in [0.3, 0.4) is 0 Å². The standard InChI is InChI=1S/C35H28N/c1-2-36-23-22-29-20-12-13-21-31(29)35(36)34-32(27-16-8-4-9-17-27)24-30(26-14-6-3-7-15-26)25-33(34)28-18-10-5-11-19-28/h3-25H,2H2,1H3/q+1. The molecule has 5 aromatic carbocycles. The lowest BCUT2D eigenvalue weighted by Crippen LogP contribution is -2.35. The first-order valence-electron chi connectivity index (χ1n) is 12.6. The van der Waals surface area contributed by atoms with Gasteiger partial charge in [0, 0.05) is 6.07 Å². The van der Waals surface area contributed by atoms with E-state index < -0.39 is 0 Å². The number of aryl methyl sites for hydroxylation is 1. The molecule has 0 bridgehead atoms. The molecule has 0 atom stereocenters. The first-order valence-corrected chi connectivity index (χ1v) is 12.6. The van der Waals surface area contributed by atoms with Crippen molar-refractivity contribution in [2.45, 2.75) is 13.5 Å². The normalized spacial score (nSPS) is 11.0. The first kappa shape index (κ1) is 22.0. The lowest BCUT2D eigenvalue weighted by atomic mass is 9.85. The van der Waals surface area contributed by atoms with E-state index in [0.29, 0.717) is 0 Å². The van der Waals surface area contributed by atoms with E-state index in [1.807, 2.05) is 0 Å². The SMILES string of the molecule is CC[n+]1ccc2ccccc2c1-c1c(-c2ccccc2)cc(-c2ccccc2)cc1-c1ccccc1. The Morgan fingerprint density at radius 3 is 1.56 bits per heavy atom. The molecule has 0 aliphatic carbocycles. The lowest BCUT2D eigenvalue weighted by Gasteiger charge is -2.19. The van der Waals surface area contributed by atoms with Crippen molar-refractivity contribution in [2.24, 2.45) is 0 Å². The van der Waals surface area contributed by atoms with Crippen LogP contribution in [0.5, 0.6) is 0 Å². The molecule has 0 radical (unpaired) electrons. The Morgan fingerprint density at radius 1 is 0.500 bits per heavy atom. The molecule has 0 fully saturated rings. The Bertz CT molecular complexity index is 1570. The van der Waals surface area contributed by atoms with Crippen LogP contribution in [0.15, 0.2) is 140 Å². The minimum absolute atomic E-state index is 0.892. The van der Waals surface area contributed by atoms with Crippen molar-refractivity contribution >= 4 is 10.8 Å². The summed E-state index contributed by atoms with van der Waals surface area (Å²) >= 11 is 0. The molecular weight excluding hydrogens is 434 g/mol. The van der Waals surface area contributed by atoms with Gasteiger partial charge in [-0.3, -0.25) is 0 Å². The van der Waals surface area contributed by atoms with E-state index in [0.717, 1.165) is 6.54 Å². The van der Waals surface area contributed by atoms with Gasteiger partial charge >= 0.3 is 0 Å². The van der Waals surface area contributed by atoms with E-state index >= 15 is 0 Å². The summed E-state index contributed by atoms with van der Waals surface area (Å²) in [6, 6.07) is 48.0. The van der Waals surface area contributed by atoms with Crippen molar-refractivity contribution in [3.05, 3.63) is 140 Å². The summed E-state index contributed by atoms with van der Waals surface area (Å²) in [7, 11) is 0. The Balaban J connectivity index is 1.80. The van der Waals surface area contributed by atoms with E-state index in [9.17, 15) is 0 Å². The number of fused-ring (bicyclic) bond motifs is 1. The van der Waals surface area contributed by atoms with Crippen LogP contribution in [0, 0.1) is 0 Å². The Hall–Kier alpha value is -4.49. The fourth-order valence-electron chi connectivity index (χ4n) is 5.18. The molecule has 0 aliphatic heterocycles. The summed E-state index contributed by atoms with van der Waals surface area (Å²) < 4.78 is 2.39. The van der Waals surface area contributed by atoms with Crippen molar-refractivity contribution < 1.29 is 4.57 Å². The third-order valence-corrected chi connectivity index (χ3v) is 6.93. The van der Waals surface area contributed by atoms with Gasteiger partial charge in [0.1, 0.15) is 6.54 Å². The molecular formula is C35H28N+. The maximum absolute atomic E-state index is 2.39. The van der Waals surface area contributed by atoms with E-state index in [-0.39, 0.29) is 0 Å². The van der Waals surface area contributed by atoms with E-state index in [1.54, 1.807) is 0 Å². The quantitative estimate of drug-likeness (QED) is 0.225. The highest BCUT2D eigenvalue weighted by Crippen LogP contribution is 2.44. The van der Waals surface area contributed by atoms with E-state index in [2.05, 4.69) is 151 Å². The minimum Gasteiger partial charge on any atom is -0.198 e. The maximum Gasteiger partial charge on any atom is 0.221 e. The van der Waals surface area contributed by atoms with E-state index in [1.165, 1.54) is 55.4 Å². The Kier molecular flexibility index (Phi) is 5.89. The van der Waals surface area contributed by atoms with Crippen LogP contribution in [0.25, 0.3) is 55.4 Å². The van der Waals surface area contributed by atoms with Gasteiger partial charge in [-0.15, -0.1) is 0 Å². The fraction of sp³-hybridized carbons (Fsp3) is 0.0571. The van der Waals surface area contributed by atoms with Gasteiger partial charge in [0.15, 0.2) is 6.20 Å². The molecule has 0 saturated heterocycles. The highest BCUT2D eigenvalue weighted by Gasteiger charge is 2.25. The van der Waals surface area contributed by atoms with E-state index in [4.69, 9.17) is 0 Å². The molecule has 1 aromatic heterocycles. The molecule has 1 nitrogen and oxygen atoms in total. The second-order valence-corrected chi connectivity index (χ2v) is 9.08. The zero-order chi connectivity index (χ0) is 24.3. The van der Waals surface area contributed by atoms with Crippen LogP contribution in [-0.4, -0.2) is 0 Å². The van der Waals surface area contributed by atoms with Gasteiger partial charge in [-0.1, -0.05) is 109 Å². The summed E-state index contributed by atoms with van der Waals surface area (Å²) in [6.45, 7) is 3.12. The van der Waals surface area contributed by atoms with Gasteiger partial charge in [0.05, 0.1) is 10.9 Å². The number of pyridine rings is 1. The molecule has 6 rings (SSSR count). The van der Waals surface area contributed by atoms with Crippen LogP contribution in [-0.2, 0) is 6.54 Å². The third-order valence-electron chi connectivity index (χ3n) is 6.93. The second kappa shape index (κ2) is 9.64.